The summed E-state index contributed by atoms with van der Waals surface area (Å²) in [7, 11) is 1.10. The summed E-state index contributed by atoms with van der Waals surface area (Å²) in [6, 6.07) is 8.86. The maximum Gasteiger partial charge on any atom is 0.436 e. The quantitative estimate of drug-likeness (QED) is 0.306. The van der Waals surface area contributed by atoms with E-state index in [1.807, 2.05) is 0 Å². The second-order valence-corrected chi connectivity index (χ2v) is 8.15. The molecule has 0 aliphatic heterocycles. The molecule has 3 aromatic rings. The van der Waals surface area contributed by atoms with Crippen molar-refractivity contribution in [1.82, 2.24) is 15.1 Å². The molecular weight excluding hydrogens is 498 g/mol. The lowest BCUT2D eigenvalue weighted by molar-refractivity contribution is -0.142. The van der Waals surface area contributed by atoms with Crippen LogP contribution in [0.2, 0.25) is 0 Å². The van der Waals surface area contributed by atoms with Crippen molar-refractivity contribution in [2.45, 2.75) is 30.7 Å². The molecule has 1 amide bonds. The number of anilines is 1. The van der Waals surface area contributed by atoms with E-state index in [4.69, 9.17) is 15.2 Å². The number of hydrogen-bond donors (Lipinski definition) is 3. The van der Waals surface area contributed by atoms with Crippen LogP contribution in [0.5, 0.6) is 11.6 Å². The van der Waals surface area contributed by atoms with Gasteiger partial charge in [0.25, 0.3) is 5.91 Å². The van der Waals surface area contributed by atoms with Crippen molar-refractivity contribution in [1.29, 1.82) is 0 Å². The summed E-state index contributed by atoms with van der Waals surface area (Å²) in [6.45, 7) is 0. The maximum atomic E-state index is 13.7. The minimum Gasteiger partial charge on any atom is -0.438 e. The topological polar surface area (TPSA) is 99.9 Å². The SMILES string of the molecule is Cn1nc(C(F)(F)F)c(C(=O)NC2(c3ccc(N(O)O)cc3)CC2)c1Oc1ccc(C(F)(F)F)cc1. The minimum absolute atomic E-state index is 0.0275. The molecule has 8 nitrogen and oxygen atoms in total. The third kappa shape index (κ3) is 4.95. The molecule has 1 aliphatic rings. The van der Waals surface area contributed by atoms with Crippen LogP contribution < -0.4 is 15.3 Å². The second kappa shape index (κ2) is 8.71. The smallest absolute Gasteiger partial charge is 0.436 e. The molecule has 3 N–H and O–H groups in total. The van der Waals surface area contributed by atoms with Gasteiger partial charge in [-0.25, -0.2) is 4.68 Å². The van der Waals surface area contributed by atoms with Crippen molar-refractivity contribution in [3.63, 3.8) is 0 Å². The Labute approximate surface area is 199 Å². The molecule has 1 fully saturated rings. The zero-order valence-corrected chi connectivity index (χ0v) is 18.4. The molecule has 36 heavy (non-hydrogen) atoms. The van der Waals surface area contributed by atoms with Crippen LogP contribution in [0.4, 0.5) is 32.0 Å². The average molecular weight is 516 g/mol. The molecule has 192 valence electrons. The molecule has 14 heteroatoms. The van der Waals surface area contributed by atoms with Crippen LogP contribution in [0.3, 0.4) is 0 Å². The van der Waals surface area contributed by atoms with Crippen LogP contribution in [0.15, 0.2) is 48.5 Å². The molecule has 2 aromatic carbocycles. The first-order chi connectivity index (χ1) is 16.7. The molecule has 0 unspecified atom stereocenters. The summed E-state index contributed by atoms with van der Waals surface area (Å²) < 4.78 is 85.7. The molecule has 0 saturated heterocycles. The molecule has 1 aliphatic carbocycles. The predicted octanol–water partition coefficient (Wildman–Crippen LogP) is 5.25. The highest BCUT2D eigenvalue weighted by Gasteiger charge is 2.49. The predicted molar refractivity (Wildman–Crippen MR) is 111 cm³/mol. The molecule has 1 aromatic heterocycles. The van der Waals surface area contributed by atoms with E-state index in [1.54, 1.807) is 0 Å². The van der Waals surface area contributed by atoms with Gasteiger partial charge >= 0.3 is 12.4 Å². The molecule has 0 bridgehead atoms. The highest BCUT2D eigenvalue weighted by molar-refractivity contribution is 5.98. The van der Waals surface area contributed by atoms with Gasteiger partial charge in [-0.15, -0.1) is 5.23 Å². The van der Waals surface area contributed by atoms with Gasteiger partial charge in [0.15, 0.2) is 5.69 Å². The van der Waals surface area contributed by atoms with Gasteiger partial charge in [0.1, 0.15) is 11.3 Å². The van der Waals surface area contributed by atoms with Crippen molar-refractivity contribution >= 4 is 11.6 Å². The van der Waals surface area contributed by atoms with E-state index in [9.17, 15) is 31.1 Å². The van der Waals surface area contributed by atoms with Gasteiger partial charge in [0.2, 0.25) is 5.88 Å². The van der Waals surface area contributed by atoms with E-state index < -0.39 is 46.5 Å². The van der Waals surface area contributed by atoms with Crippen molar-refractivity contribution < 1.29 is 46.3 Å². The maximum absolute atomic E-state index is 13.7. The standard InChI is InChI=1S/C22H18F6N4O4/c1-31-19(36-15-8-4-13(5-9-15)21(23,24)25)16(17(30-31)22(26,27)28)18(33)29-20(10-11-20)12-2-6-14(7-3-12)32(34)35/h2-9,34-35H,10-11H2,1H3,(H,29,33). The minimum atomic E-state index is -5.03. The Bertz CT molecular complexity index is 1260. The van der Waals surface area contributed by atoms with Gasteiger partial charge in [0.05, 0.1) is 16.8 Å². The lowest BCUT2D eigenvalue weighted by atomic mass is 10.0. The zero-order chi connectivity index (χ0) is 26.5. The highest BCUT2D eigenvalue weighted by atomic mass is 19.4. The van der Waals surface area contributed by atoms with Crippen molar-refractivity contribution in [2.75, 3.05) is 5.23 Å². The number of amides is 1. The molecule has 0 radical (unpaired) electrons. The Morgan fingerprint density at radius 3 is 2.06 bits per heavy atom. The number of nitrogens with zero attached hydrogens (tertiary/aromatic N) is 3. The van der Waals surface area contributed by atoms with Gasteiger partial charge < -0.3 is 10.1 Å². The summed E-state index contributed by atoms with van der Waals surface area (Å²) in [4.78, 5) is 13.1. The van der Waals surface area contributed by atoms with Crippen LogP contribution >= 0.6 is 0 Å². The number of benzene rings is 2. The Hall–Kier alpha value is -3.78. The van der Waals surface area contributed by atoms with E-state index in [1.165, 1.54) is 24.3 Å². The first-order valence-corrected chi connectivity index (χ1v) is 10.3. The van der Waals surface area contributed by atoms with Gasteiger partial charge in [0, 0.05) is 7.05 Å². The molecule has 0 atom stereocenters. The van der Waals surface area contributed by atoms with E-state index in [2.05, 4.69) is 10.4 Å². The Morgan fingerprint density at radius 1 is 1.00 bits per heavy atom. The molecule has 4 rings (SSSR count). The van der Waals surface area contributed by atoms with Crippen LogP contribution in [0.25, 0.3) is 0 Å². The summed E-state index contributed by atoms with van der Waals surface area (Å²) in [5.74, 6) is -1.99. The number of nitrogens with one attached hydrogen (secondary N) is 1. The van der Waals surface area contributed by atoms with E-state index >= 15 is 0 Å². The fraction of sp³-hybridized carbons (Fsp3) is 0.273. The van der Waals surface area contributed by atoms with Crippen molar-refractivity contribution in [2.24, 2.45) is 7.05 Å². The number of aromatic nitrogens is 2. The summed E-state index contributed by atoms with van der Waals surface area (Å²) >= 11 is 0. The lowest BCUT2D eigenvalue weighted by Gasteiger charge is -2.20. The number of alkyl halides is 6. The molecular formula is C22H18F6N4O4. The number of halogens is 6. The van der Waals surface area contributed by atoms with Gasteiger partial charge in [-0.3, -0.25) is 15.2 Å². The second-order valence-electron chi connectivity index (χ2n) is 8.15. The average Bonchev–Trinajstić information content (AvgIpc) is 3.49. The normalized spacial score (nSPS) is 14.9. The zero-order valence-electron chi connectivity index (χ0n) is 18.4. The fourth-order valence-corrected chi connectivity index (χ4v) is 3.66. The lowest BCUT2D eigenvalue weighted by Crippen LogP contribution is -2.36. The Morgan fingerprint density at radius 2 is 1.58 bits per heavy atom. The summed E-state index contributed by atoms with van der Waals surface area (Å²) in [6.07, 6.45) is -8.85. The number of ether oxygens (including phenoxy) is 1. The van der Waals surface area contributed by atoms with Crippen LogP contribution in [-0.2, 0) is 24.9 Å². The number of aryl methyl sites for hydroxylation is 1. The Balaban J connectivity index is 1.66. The first kappa shape index (κ1) is 25.3. The Kier molecular flexibility index (Phi) is 6.12. The number of carbonyl (C=O) groups excluding carboxylic acids is 1. The molecule has 1 heterocycles. The largest absolute Gasteiger partial charge is 0.438 e. The fourth-order valence-electron chi connectivity index (χ4n) is 3.66. The van der Waals surface area contributed by atoms with Crippen molar-refractivity contribution in [3.05, 3.63) is 70.9 Å². The number of hydrogen-bond acceptors (Lipinski definition) is 6. The third-order valence-electron chi connectivity index (χ3n) is 5.64. The first-order valence-electron chi connectivity index (χ1n) is 10.3. The number of rotatable bonds is 6. The van der Waals surface area contributed by atoms with E-state index in [0.29, 0.717) is 35.2 Å². The van der Waals surface area contributed by atoms with Gasteiger partial charge in [-0.2, -0.15) is 31.4 Å². The molecule has 0 spiro atoms. The van der Waals surface area contributed by atoms with Crippen LogP contribution in [0, 0.1) is 0 Å². The summed E-state index contributed by atoms with van der Waals surface area (Å²) in [5.41, 5.74) is -3.89. The van der Waals surface area contributed by atoms with Crippen LogP contribution in [-0.4, -0.2) is 26.1 Å². The van der Waals surface area contributed by atoms with Crippen LogP contribution in [0.1, 0.15) is 40.0 Å². The van der Waals surface area contributed by atoms with E-state index in [0.717, 1.165) is 19.2 Å². The van der Waals surface area contributed by atoms with Gasteiger partial charge in [-0.1, -0.05) is 12.1 Å². The van der Waals surface area contributed by atoms with E-state index in [-0.39, 0.29) is 16.7 Å². The summed E-state index contributed by atoms with van der Waals surface area (Å²) in [5, 5.41) is 24.0. The van der Waals surface area contributed by atoms with Crippen molar-refractivity contribution in [3.8, 4) is 11.6 Å². The van der Waals surface area contributed by atoms with Gasteiger partial charge in [-0.05, 0) is 54.8 Å². The third-order valence-corrected chi connectivity index (χ3v) is 5.64. The number of carbonyl (C=O) groups is 1. The highest BCUT2D eigenvalue weighted by Crippen LogP contribution is 2.47. The molecule has 1 saturated carbocycles. The monoisotopic (exact) mass is 516 g/mol.